The van der Waals surface area contributed by atoms with E-state index >= 15 is 0 Å². The third-order valence-corrected chi connectivity index (χ3v) is 4.14. The molecule has 0 aromatic heterocycles. The fraction of sp³-hybridized carbons (Fsp3) is 0.429. The lowest BCUT2D eigenvalue weighted by atomic mass is 10.1. The summed E-state index contributed by atoms with van der Waals surface area (Å²) in [6, 6.07) is 5.45. The number of carbonyl (C=O) groups excluding carboxylic acids is 2. The summed E-state index contributed by atoms with van der Waals surface area (Å²) in [5, 5.41) is 0.598. The number of nitrogens with two attached hydrogens (primary N) is 1. The van der Waals surface area contributed by atoms with E-state index in [1.165, 1.54) is 0 Å². The summed E-state index contributed by atoms with van der Waals surface area (Å²) in [5.41, 5.74) is 3.90. The van der Waals surface area contributed by atoms with Gasteiger partial charge in [-0.2, -0.15) is 0 Å². The standard InChI is InChI=1S/C14H16ClN3O3/c15-9-2-1-8-5-13(19)18(11(8)6-9)7-10-3-4-12(21-10)14(20)17-16/h1-2,6,10,12H,3-5,7,16H2,(H,17,20). The summed E-state index contributed by atoms with van der Waals surface area (Å²) >= 11 is 6.00. The molecule has 21 heavy (non-hydrogen) atoms. The van der Waals surface area contributed by atoms with Crippen molar-refractivity contribution in [1.82, 2.24) is 5.43 Å². The van der Waals surface area contributed by atoms with E-state index in [0.717, 1.165) is 17.7 Å². The van der Waals surface area contributed by atoms with Crippen LogP contribution in [0.15, 0.2) is 18.2 Å². The Morgan fingerprint density at radius 1 is 1.48 bits per heavy atom. The number of hydrogen-bond donors (Lipinski definition) is 2. The van der Waals surface area contributed by atoms with Crippen molar-refractivity contribution in [3.05, 3.63) is 28.8 Å². The van der Waals surface area contributed by atoms with Crippen molar-refractivity contribution in [3.8, 4) is 0 Å². The first-order valence-electron chi connectivity index (χ1n) is 6.83. The van der Waals surface area contributed by atoms with Gasteiger partial charge in [-0.25, -0.2) is 5.84 Å². The molecule has 0 spiro atoms. The van der Waals surface area contributed by atoms with E-state index in [2.05, 4.69) is 5.43 Å². The van der Waals surface area contributed by atoms with Crippen LogP contribution in [0.25, 0.3) is 0 Å². The third-order valence-electron chi connectivity index (χ3n) is 3.91. The Morgan fingerprint density at radius 2 is 2.29 bits per heavy atom. The number of carbonyl (C=O) groups is 2. The van der Waals surface area contributed by atoms with Crippen LogP contribution in [-0.4, -0.2) is 30.6 Å². The highest BCUT2D eigenvalue weighted by Crippen LogP contribution is 2.33. The number of hydrazine groups is 1. The molecule has 0 bridgehead atoms. The minimum atomic E-state index is -0.531. The van der Waals surface area contributed by atoms with Gasteiger partial charge >= 0.3 is 0 Å². The van der Waals surface area contributed by atoms with Crippen molar-refractivity contribution in [1.29, 1.82) is 0 Å². The van der Waals surface area contributed by atoms with Gasteiger partial charge in [0.15, 0.2) is 0 Å². The van der Waals surface area contributed by atoms with Crippen LogP contribution in [0.2, 0.25) is 5.02 Å². The van der Waals surface area contributed by atoms with Crippen LogP contribution in [0, 0.1) is 0 Å². The van der Waals surface area contributed by atoms with Crippen LogP contribution in [0.1, 0.15) is 18.4 Å². The number of fused-ring (bicyclic) bond motifs is 1. The molecule has 1 saturated heterocycles. The number of anilines is 1. The minimum Gasteiger partial charge on any atom is -0.363 e. The van der Waals surface area contributed by atoms with E-state index in [1.807, 2.05) is 6.07 Å². The number of halogens is 1. The topological polar surface area (TPSA) is 84.7 Å². The van der Waals surface area contributed by atoms with Crippen LogP contribution in [-0.2, 0) is 20.7 Å². The van der Waals surface area contributed by atoms with E-state index < -0.39 is 6.10 Å². The maximum atomic E-state index is 12.1. The first kappa shape index (κ1) is 14.3. The first-order valence-corrected chi connectivity index (χ1v) is 7.21. The largest absolute Gasteiger partial charge is 0.363 e. The van der Waals surface area contributed by atoms with Crippen molar-refractivity contribution in [2.45, 2.75) is 31.5 Å². The molecule has 1 aromatic carbocycles. The lowest BCUT2D eigenvalue weighted by Crippen LogP contribution is -2.40. The molecule has 0 saturated carbocycles. The SMILES string of the molecule is NNC(=O)C1CCC(CN2C(=O)Cc3ccc(Cl)cc32)O1. The predicted octanol–water partition coefficient (Wildman–Crippen LogP) is 0.767. The molecule has 0 aliphatic carbocycles. The molecule has 2 unspecified atom stereocenters. The Labute approximate surface area is 127 Å². The number of benzene rings is 1. The molecule has 6 nitrogen and oxygen atoms in total. The number of rotatable bonds is 3. The highest BCUT2D eigenvalue weighted by molar-refractivity contribution is 6.31. The molecule has 2 atom stereocenters. The lowest BCUT2D eigenvalue weighted by molar-refractivity contribution is -0.131. The van der Waals surface area contributed by atoms with Crippen LogP contribution in [0.5, 0.6) is 0 Å². The van der Waals surface area contributed by atoms with E-state index in [9.17, 15) is 9.59 Å². The summed E-state index contributed by atoms with van der Waals surface area (Å²) in [5.74, 6) is 4.81. The Bertz CT molecular complexity index is 593. The Morgan fingerprint density at radius 3 is 3.05 bits per heavy atom. The molecule has 2 amide bonds. The molecule has 2 heterocycles. The molecular weight excluding hydrogens is 294 g/mol. The molecule has 0 radical (unpaired) electrons. The van der Waals surface area contributed by atoms with E-state index in [1.54, 1.807) is 17.0 Å². The Balaban J connectivity index is 1.71. The zero-order valence-electron chi connectivity index (χ0n) is 11.3. The second-order valence-corrected chi connectivity index (χ2v) is 5.72. The average molecular weight is 310 g/mol. The first-order chi connectivity index (χ1) is 10.1. The van der Waals surface area contributed by atoms with Crippen molar-refractivity contribution < 1.29 is 14.3 Å². The molecular formula is C14H16ClN3O3. The molecule has 7 heteroatoms. The monoisotopic (exact) mass is 309 g/mol. The number of nitrogens with one attached hydrogen (secondary N) is 1. The Hall–Kier alpha value is -1.63. The van der Waals surface area contributed by atoms with Crippen LogP contribution in [0.4, 0.5) is 5.69 Å². The maximum Gasteiger partial charge on any atom is 0.263 e. The molecule has 1 aromatic rings. The van der Waals surface area contributed by atoms with Crippen LogP contribution < -0.4 is 16.2 Å². The normalized spacial score (nSPS) is 24.3. The van der Waals surface area contributed by atoms with Gasteiger partial charge in [0.25, 0.3) is 5.91 Å². The van der Waals surface area contributed by atoms with E-state index in [-0.39, 0.29) is 17.9 Å². The zero-order chi connectivity index (χ0) is 15.0. The number of amides is 2. The smallest absolute Gasteiger partial charge is 0.263 e. The Kier molecular flexibility index (Phi) is 3.84. The van der Waals surface area contributed by atoms with Gasteiger partial charge < -0.3 is 9.64 Å². The van der Waals surface area contributed by atoms with Gasteiger partial charge in [-0.15, -0.1) is 0 Å². The highest BCUT2D eigenvalue weighted by atomic mass is 35.5. The molecule has 2 aliphatic heterocycles. The molecule has 2 aliphatic rings. The van der Waals surface area contributed by atoms with Gasteiger partial charge in [0.1, 0.15) is 6.10 Å². The molecule has 1 fully saturated rings. The molecule has 3 N–H and O–H groups in total. The summed E-state index contributed by atoms with van der Waals surface area (Å²) in [6.45, 7) is 0.431. The summed E-state index contributed by atoms with van der Waals surface area (Å²) < 4.78 is 5.65. The van der Waals surface area contributed by atoms with E-state index in [4.69, 9.17) is 22.2 Å². The van der Waals surface area contributed by atoms with Crippen molar-refractivity contribution in [3.63, 3.8) is 0 Å². The summed E-state index contributed by atoms with van der Waals surface area (Å²) in [4.78, 5) is 25.3. The van der Waals surface area contributed by atoms with Crippen molar-refractivity contribution >= 4 is 29.1 Å². The van der Waals surface area contributed by atoms with Gasteiger partial charge in [-0.3, -0.25) is 15.0 Å². The summed E-state index contributed by atoms with van der Waals surface area (Å²) in [7, 11) is 0. The molecule has 3 rings (SSSR count). The van der Waals surface area contributed by atoms with Crippen LogP contribution >= 0.6 is 11.6 Å². The summed E-state index contributed by atoms with van der Waals surface area (Å²) in [6.07, 6.45) is 1.01. The average Bonchev–Trinajstić information content (AvgIpc) is 3.05. The van der Waals surface area contributed by atoms with Crippen LogP contribution in [0.3, 0.4) is 0 Å². The number of hydrogen-bond acceptors (Lipinski definition) is 4. The quantitative estimate of drug-likeness (QED) is 0.490. The maximum absolute atomic E-state index is 12.1. The minimum absolute atomic E-state index is 0.0302. The molecule has 112 valence electrons. The van der Waals surface area contributed by atoms with Gasteiger partial charge in [-0.1, -0.05) is 17.7 Å². The van der Waals surface area contributed by atoms with Gasteiger partial charge in [-0.05, 0) is 30.5 Å². The third kappa shape index (κ3) is 2.74. The predicted molar refractivity (Wildman–Crippen MR) is 77.7 cm³/mol. The lowest BCUT2D eigenvalue weighted by Gasteiger charge is -2.22. The van der Waals surface area contributed by atoms with Gasteiger partial charge in [0, 0.05) is 10.7 Å². The van der Waals surface area contributed by atoms with Gasteiger partial charge in [0.05, 0.1) is 19.1 Å². The van der Waals surface area contributed by atoms with Crippen molar-refractivity contribution in [2.24, 2.45) is 5.84 Å². The second kappa shape index (κ2) is 5.63. The van der Waals surface area contributed by atoms with E-state index in [0.29, 0.717) is 24.4 Å². The van der Waals surface area contributed by atoms with Crippen molar-refractivity contribution in [2.75, 3.05) is 11.4 Å². The fourth-order valence-electron chi connectivity index (χ4n) is 2.86. The number of nitrogens with zero attached hydrogens (tertiary/aromatic N) is 1. The van der Waals surface area contributed by atoms with Gasteiger partial charge in [0.2, 0.25) is 5.91 Å². The highest BCUT2D eigenvalue weighted by Gasteiger charge is 2.35. The second-order valence-electron chi connectivity index (χ2n) is 5.29. The zero-order valence-corrected chi connectivity index (χ0v) is 12.1. The fourth-order valence-corrected chi connectivity index (χ4v) is 3.03. The number of ether oxygens (including phenoxy) is 1.